The summed E-state index contributed by atoms with van der Waals surface area (Å²) in [5, 5.41) is 3.72. The maximum absolute atomic E-state index is 12.8. The molecule has 1 saturated heterocycles. The molecule has 0 atom stereocenters. The summed E-state index contributed by atoms with van der Waals surface area (Å²) < 4.78 is 16.4. The van der Waals surface area contributed by atoms with Gasteiger partial charge in [0.05, 0.1) is 30.3 Å². The molecule has 2 aliphatic heterocycles. The van der Waals surface area contributed by atoms with E-state index in [0.717, 1.165) is 42.8 Å². The van der Waals surface area contributed by atoms with Crippen molar-refractivity contribution in [1.82, 2.24) is 5.32 Å². The molecule has 0 unspecified atom stereocenters. The summed E-state index contributed by atoms with van der Waals surface area (Å²) in [4.78, 5) is 26.7. The molecular weight excluding hydrogens is 432 g/mol. The number of hydrogen-bond acceptors (Lipinski definition) is 6. The number of halogens is 1. The molecule has 2 aliphatic rings. The van der Waals surface area contributed by atoms with Crippen molar-refractivity contribution >= 4 is 29.2 Å². The van der Waals surface area contributed by atoms with Gasteiger partial charge in [0.2, 0.25) is 12.7 Å². The predicted molar refractivity (Wildman–Crippen MR) is 121 cm³/mol. The first-order valence-corrected chi connectivity index (χ1v) is 11.2. The van der Waals surface area contributed by atoms with Crippen LogP contribution in [-0.2, 0) is 27.3 Å². The minimum Gasteiger partial charge on any atom is -0.497 e. The van der Waals surface area contributed by atoms with E-state index in [1.165, 1.54) is 0 Å². The van der Waals surface area contributed by atoms with Crippen molar-refractivity contribution in [1.29, 1.82) is 0 Å². The Kier molecular flexibility index (Phi) is 7.17. The molecule has 7 nitrogen and oxygen atoms in total. The Labute approximate surface area is 192 Å². The normalized spacial score (nSPS) is 16.4. The number of ether oxygens (including phenoxy) is 3. The van der Waals surface area contributed by atoms with Gasteiger partial charge in [-0.2, -0.15) is 0 Å². The van der Waals surface area contributed by atoms with Gasteiger partial charge in [0.25, 0.3) is 0 Å². The lowest BCUT2D eigenvalue weighted by molar-refractivity contribution is -0.156. The highest BCUT2D eigenvalue weighted by Gasteiger charge is 2.29. The van der Waals surface area contributed by atoms with Crippen LogP contribution in [0.2, 0.25) is 5.02 Å². The molecular formula is C24H27ClN2O5. The molecule has 0 bridgehead atoms. The Balaban J connectivity index is 1.48. The fourth-order valence-corrected chi connectivity index (χ4v) is 4.44. The van der Waals surface area contributed by atoms with E-state index in [2.05, 4.69) is 5.32 Å². The number of piperidine rings is 1. The van der Waals surface area contributed by atoms with E-state index in [4.69, 9.17) is 25.8 Å². The van der Waals surface area contributed by atoms with Gasteiger partial charge in [0.15, 0.2) is 0 Å². The van der Waals surface area contributed by atoms with Gasteiger partial charge in [-0.15, -0.1) is 0 Å². The van der Waals surface area contributed by atoms with Crippen molar-refractivity contribution in [2.45, 2.75) is 32.2 Å². The quantitative estimate of drug-likeness (QED) is 0.503. The molecule has 0 aliphatic carbocycles. The van der Waals surface area contributed by atoms with Crippen molar-refractivity contribution in [2.75, 3.05) is 31.9 Å². The predicted octanol–water partition coefficient (Wildman–Crippen LogP) is 3.71. The summed E-state index contributed by atoms with van der Waals surface area (Å²) in [6.07, 6.45) is 2.43. The topological polar surface area (TPSA) is 77.1 Å². The van der Waals surface area contributed by atoms with Crippen LogP contribution in [0.1, 0.15) is 30.4 Å². The molecule has 0 aromatic heterocycles. The average molecular weight is 459 g/mol. The third kappa shape index (κ3) is 5.00. The van der Waals surface area contributed by atoms with E-state index in [1.54, 1.807) is 24.1 Å². The standard InChI is InChI=1S/C24H27ClN2O5/c1-30-18-4-2-16(3-5-18)14-27-22(28)9-6-19-21(8-7-20(25)23(19)27)31-15-32-24(29)17-10-12-26-13-11-17/h2-5,7-8,17,26H,6,9-15H2,1H3. The molecule has 2 aromatic carbocycles. The lowest BCUT2D eigenvalue weighted by atomic mass is 9.99. The first-order valence-electron chi connectivity index (χ1n) is 10.8. The SMILES string of the molecule is COc1ccc(CN2C(=O)CCc3c(OCOC(=O)C4CCNCC4)ccc(Cl)c32)cc1. The highest BCUT2D eigenvalue weighted by molar-refractivity contribution is 6.34. The Morgan fingerprint density at radius 1 is 1.12 bits per heavy atom. The van der Waals surface area contributed by atoms with Crippen LogP contribution in [0.25, 0.3) is 0 Å². The zero-order valence-corrected chi connectivity index (χ0v) is 18.8. The number of esters is 1. The van der Waals surface area contributed by atoms with Crippen LogP contribution in [0.5, 0.6) is 11.5 Å². The molecule has 2 aromatic rings. The van der Waals surface area contributed by atoms with Crippen molar-refractivity contribution in [3.63, 3.8) is 0 Å². The van der Waals surface area contributed by atoms with Gasteiger partial charge in [-0.25, -0.2) is 0 Å². The number of nitrogens with one attached hydrogen (secondary N) is 1. The fraction of sp³-hybridized carbons (Fsp3) is 0.417. The van der Waals surface area contributed by atoms with Gasteiger partial charge in [-0.1, -0.05) is 23.7 Å². The van der Waals surface area contributed by atoms with E-state index in [-0.39, 0.29) is 24.6 Å². The number of amides is 1. The van der Waals surface area contributed by atoms with E-state index in [9.17, 15) is 9.59 Å². The van der Waals surface area contributed by atoms with Crippen molar-refractivity contribution in [3.8, 4) is 11.5 Å². The number of carbonyl (C=O) groups excluding carboxylic acids is 2. The third-order valence-corrected chi connectivity index (χ3v) is 6.24. The Bertz CT molecular complexity index is 973. The van der Waals surface area contributed by atoms with E-state index < -0.39 is 0 Å². The molecule has 0 saturated carbocycles. The molecule has 32 heavy (non-hydrogen) atoms. The molecule has 8 heteroatoms. The molecule has 0 radical (unpaired) electrons. The van der Waals surface area contributed by atoms with Crippen molar-refractivity contribution in [2.24, 2.45) is 5.92 Å². The number of fused-ring (bicyclic) bond motifs is 1. The van der Waals surface area contributed by atoms with E-state index >= 15 is 0 Å². The summed E-state index contributed by atoms with van der Waals surface area (Å²) in [5.41, 5.74) is 2.47. The van der Waals surface area contributed by atoms with Crippen LogP contribution in [0.15, 0.2) is 36.4 Å². The minimum atomic E-state index is -0.231. The summed E-state index contributed by atoms with van der Waals surface area (Å²) >= 11 is 6.51. The summed E-state index contributed by atoms with van der Waals surface area (Å²) in [5.74, 6) is 1.02. The van der Waals surface area contributed by atoms with Gasteiger partial charge in [0.1, 0.15) is 11.5 Å². The Morgan fingerprint density at radius 3 is 2.59 bits per heavy atom. The number of benzene rings is 2. The van der Waals surface area contributed by atoms with Crippen LogP contribution in [-0.4, -0.2) is 38.9 Å². The number of carbonyl (C=O) groups is 2. The second kappa shape index (κ2) is 10.2. The maximum atomic E-state index is 12.8. The second-order valence-electron chi connectivity index (χ2n) is 7.95. The molecule has 170 valence electrons. The van der Waals surface area contributed by atoms with Crippen LogP contribution >= 0.6 is 11.6 Å². The van der Waals surface area contributed by atoms with E-state index in [1.807, 2.05) is 24.3 Å². The third-order valence-electron chi connectivity index (χ3n) is 5.94. The molecule has 4 rings (SSSR count). The van der Waals surface area contributed by atoms with Crippen LogP contribution in [0, 0.1) is 5.92 Å². The first kappa shape index (κ1) is 22.4. The summed E-state index contributed by atoms with van der Waals surface area (Å²) in [6.45, 7) is 1.87. The lowest BCUT2D eigenvalue weighted by Gasteiger charge is -2.31. The Morgan fingerprint density at radius 2 is 1.88 bits per heavy atom. The number of rotatable bonds is 7. The monoisotopic (exact) mass is 458 g/mol. The summed E-state index contributed by atoms with van der Waals surface area (Å²) in [7, 11) is 1.62. The highest BCUT2D eigenvalue weighted by atomic mass is 35.5. The van der Waals surface area contributed by atoms with Crippen LogP contribution in [0.4, 0.5) is 5.69 Å². The second-order valence-corrected chi connectivity index (χ2v) is 8.36. The Hall–Kier alpha value is -2.77. The van der Waals surface area contributed by atoms with Crippen molar-refractivity contribution in [3.05, 3.63) is 52.5 Å². The first-order chi connectivity index (χ1) is 15.6. The minimum absolute atomic E-state index is 0.00436. The smallest absolute Gasteiger partial charge is 0.311 e. The molecule has 2 heterocycles. The van der Waals surface area contributed by atoms with Gasteiger partial charge in [-0.3, -0.25) is 9.59 Å². The van der Waals surface area contributed by atoms with Crippen LogP contribution in [0.3, 0.4) is 0 Å². The van der Waals surface area contributed by atoms with Gasteiger partial charge in [0, 0.05) is 12.0 Å². The molecule has 1 fully saturated rings. The zero-order valence-electron chi connectivity index (χ0n) is 18.1. The average Bonchev–Trinajstić information content (AvgIpc) is 2.83. The summed E-state index contributed by atoms with van der Waals surface area (Å²) in [6, 6.07) is 11.1. The maximum Gasteiger partial charge on any atom is 0.311 e. The van der Waals surface area contributed by atoms with Gasteiger partial charge >= 0.3 is 5.97 Å². The largest absolute Gasteiger partial charge is 0.497 e. The molecule has 1 amide bonds. The highest BCUT2D eigenvalue weighted by Crippen LogP contribution is 2.41. The molecule has 1 N–H and O–H groups in total. The number of methoxy groups -OCH3 is 1. The number of anilines is 1. The fourth-order valence-electron chi connectivity index (χ4n) is 4.16. The number of hydrogen-bond donors (Lipinski definition) is 1. The van der Waals surface area contributed by atoms with E-state index in [0.29, 0.717) is 35.8 Å². The zero-order chi connectivity index (χ0) is 22.5. The number of nitrogens with zero attached hydrogens (tertiary/aromatic N) is 1. The van der Waals surface area contributed by atoms with Crippen molar-refractivity contribution < 1.29 is 23.8 Å². The molecule has 0 spiro atoms. The lowest BCUT2D eigenvalue weighted by Crippen LogP contribution is -2.35. The van der Waals surface area contributed by atoms with Gasteiger partial charge < -0.3 is 24.4 Å². The van der Waals surface area contributed by atoms with Gasteiger partial charge in [-0.05, 0) is 62.2 Å². The van der Waals surface area contributed by atoms with Crippen LogP contribution < -0.4 is 19.7 Å².